The second kappa shape index (κ2) is 6.67. The second-order valence-corrected chi connectivity index (χ2v) is 7.01. The molecule has 0 bridgehead atoms. The summed E-state index contributed by atoms with van der Waals surface area (Å²) in [6, 6.07) is 14.4. The average Bonchev–Trinajstić information content (AvgIpc) is 2.94. The van der Waals surface area contributed by atoms with Gasteiger partial charge in [0.05, 0.1) is 0 Å². The van der Waals surface area contributed by atoms with Crippen LogP contribution in [0.2, 0.25) is 0 Å². The van der Waals surface area contributed by atoms with Gasteiger partial charge >= 0.3 is 0 Å². The quantitative estimate of drug-likeness (QED) is 0.572. The van der Waals surface area contributed by atoms with E-state index in [2.05, 4.69) is 58.2 Å². The maximum absolute atomic E-state index is 5.72. The Labute approximate surface area is 142 Å². The molecule has 3 nitrogen and oxygen atoms in total. The largest absolute Gasteiger partial charge is 0.411 e. The lowest BCUT2D eigenvalue weighted by molar-refractivity contribution is 0.466. The molecule has 0 unspecified atom stereocenters. The van der Waals surface area contributed by atoms with Crippen LogP contribution >= 0.6 is 27.7 Å². The summed E-state index contributed by atoms with van der Waals surface area (Å²) >= 11 is 4.97. The van der Waals surface area contributed by atoms with Crippen LogP contribution in [0.25, 0.3) is 11.5 Å². The maximum Gasteiger partial charge on any atom is 0.277 e. The third-order valence-corrected chi connectivity index (χ3v) is 4.56. The molecule has 2 aromatic carbocycles. The number of aromatic nitrogens is 2. The zero-order valence-electron chi connectivity index (χ0n) is 12.3. The van der Waals surface area contributed by atoms with Gasteiger partial charge in [-0.1, -0.05) is 57.0 Å². The molecule has 0 aliphatic rings. The van der Waals surface area contributed by atoms with Gasteiger partial charge in [-0.05, 0) is 43.7 Å². The molecule has 3 aromatic rings. The van der Waals surface area contributed by atoms with Crippen LogP contribution in [-0.4, -0.2) is 10.2 Å². The highest BCUT2D eigenvalue weighted by molar-refractivity contribution is 9.10. The first-order valence-electron chi connectivity index (χ1n) is 6.89. The van der Waals surface area contributed by atoms with Gasteiger partial charge in [-0.15, -0.1) is 10.2 Å². The van der Waals surface area contributed by atoms with Gasteiger partial charge in [0.15, 0.2) is 0 Å². The smallest absolute Gasteiger partial charge is 0.277 e. The molecule has 5 heteroatoms. The van der Waals surface area contributed by atoms with Crippen LogP contribution in [0.3, 0.4) is 0 Å². The van der Waals surface area contributed by atoms with Gasteiger partial charge in [-0.3, -0.25) is 0 Å². The van der Waals surface area contributed by atoms with Crippen LogP contribution in [0.15, 0.2) is 56.6 Å². The molecule has 0 N–H and O–H groups in total. The van der Waals surface area contributed by atoms with Crippen molar-refractivity contribution in [2.75, 3.05) is 0 Å². The van der Waals surface area contributed by atoms with Crippen molar-refractivity contribution >= 4 is 27.7 Å². The van der Waals surface area contributed by atoms with Crippen LogP contribution in [0, 0.1) is 13.8 Å². The van der Waals surface area contributed by atoms with E-state index >= 15 is 0 Å². The molecule has 1 heterocycles. The standard InChI is InChI=1S/C17H15BrN2OS/c1-11-7-12(2)9-13(8-11)10-22-17-20-19-16(21-17)14-3-5-15(18)6-4-14/h3-9H,10H2,1-2H3. The molecular formula is C17H15BrN2OS. The van der Waals surface area contributed by atoms with Crippen LogP contribution in [0.4, 0.5) is 0 Å². The van der Waals surface area contributed by atoms with E-state index in [0.717, 1.165) is 15.8 Å². The van der Waals surface area contributed by atoms with Crippen LogP contribution in [-0.2, 0) is 5.75 Å². The van der Waals surface area contributed by atoms with Crippen LogP contribution in [0.5, 0.6) is 0 Å². The van der Waals surface area contributed by atoms with E-state index in [0.29, 0.717) is 11.1 Å². The normalized spacial score (nSPS) is 10.9. The van der Waals surface area contributed by atoms with E-state index in [1.54, 1.807) is 11.8 Å². The Balaban J connectivity index is 1.70. The summed E-state index contributed by atoms with van der Waals surface area (Å²) in [5.41, 5.74) is 4.74. The summed E-state index contributed by atoms with van der Waals surface area (Å²) in [6.45, 7) is 4.22. The molecule has 0 saturated heterocycles. The lowest BCUT2D eigenvalue weighted by Gasteiger charge is -2.02. The van der Waals surface area contributed by atoms with Crippen molar-refractivity contribution in [2.24, 2.45) is 0 Å². The summed E-state index contributed by atoms with van der Waals surface area (Å²) in [7, 11) is 0. The number of nitrogens with zero attached hydrogens (tertiary/aromatic N) is 2. The van der Waals surface area contributed by atoms with Crippen molar-refractivity contribution < 1.29 is 4.42 Å². The summed E-state index contributed by atoms with van der Waals surface area (Å²) < 4.78 is 6.75. The van der Waals surface area contributed by atoms with Gasteiger partial charge in [0, 0.05) is 15.8 Å². The van der Waals surface area contributed by atoms with Crippen molar-refractivity contribution in [1.82, 2.24) is 10.2 Å². The van der Waals surface area contributed by atoms with Crippen LogP contribution < -0.4 is 0 Å². The Morgan fingerprint density at radius 1 is 1.00 bits per heavy atom. The van der Waals surface area contributed by atoms with Gasteiger partial charge < -0.3 is 4.42 Å². The minimum Gasteiger partial charge on any atom is -0.411 e. The summed E-state index contributed by atoms with van der Waals surface area (Å²) in [4.78, 5) is 0. The molecule has 0 spiro atoms. The molecule has 0 amide bonds. The minimum absolute atomic E-state index is 0.551. The predicted octanol–water partition coefficient (Wildman–Crippen LogP) is 5.41. The molecule has 112 valence electrons. The first-order chi connectivity index (χ1) is 10.6. The fourth-order valence-corrected chi connectivity index (χ4v) is 3.23. The predicted molar refractivity (Wildman–Crippen MR) is 92.9 cm³/mol. The average molecular weight is 375 g/mol. The molecule has 1 aromatic heterocycles. The van der Waals surface area contributed by atoms with Crippen LogP contribution in [0.1, 0.15) is 16.7 Å². The third-order valence-electron chi connectivity index (χ3n) is 3.14. The Morgan fingerprint density at radius 2 is 1.68 bits per heavy atom. The highest BCUT2D eigenvalue weighted by atomic mass is 79.9. The van der Waals surface area contributed by atoms with E-state index in [-0.39, 0.29) is 0 Å². The van der Waals surface area contributed by atoms with Crippen molar-refractivity contribution in [1.29, 1.82) is 0 Å². The summed E-state index contributed by atoms with van der Waals surface area (Å²) in [5.74, 6) is 1.38. The van der Waals surface area contributed by atoms with Crippen molar-refractivity contribution in [3.63, 3.8) is 0 Å². The lowest BCUT2D eigenvalue weighted by Crippen LogP contribution is -1.85. The van der Waals surface area contributed by atoms with E-state index in [4.69, 9.17) is 4.42 Å². The molecule has 3 rings (SSSR count). The van der Waals surface area contributed by atoms with Crippen molar-refractivity contribution in [2.45, 2.75) is 24.8 Å². The second-order valence-electron chi connectivity index (χ2n) is 5.16. The van der Waals surface area contributed by atoms with E-state index in [1.807, 2.05) is 24.3 Å². The first kappa shape index (κ1) is 15.3. The molecule has 0 aliphatic carbocycles. The van der Waals surface area contributed by atoms with Crippen molar-refractivity contribution in [3.05, 3.63) is 63.6 Å². The maximum atomic E-state index is 5.72. The lowest BCUT2D eigenvalue weighted by atomic mass is 10.1. The Hall–Kier alpha value is -1.59. The highest BCUT2D eigenvalue weighted by Crippen LogP contribution is 2.27. The molecule has 0 atom stereocenters. The van der Waals surface area contributed by atoms with Gasteiger partial charge in [-0.2, -0.15) is 0 Å². The summed E-state index contributed by atoms with van der Waals surface area (Å²) in [5, 5.41) is 8.81. The summed E-state index contributed by atoms with van der Waals surface area (Å²) in [6.07, 6.45) is 0. The van der Waals surface area contributed by atoms with E-state index in [1.165, 1.54) is 16.7 Å². The van der Waals surface area contributed by atoms with Gasteiger partial charge in [0.2, 0.25) is 5.89 Å². The number of hydrogen-bond acceptors (Lipinski definition) is 4. The Kier molecular flexibility index (Phi) is 4.64. The van der Waals surface area contributed by atoms with Crippen molar-refractivity contribution in [3.8, 4) is 11.5 Å². The number of rotatable bonds is 4. The Bertz CT molecular complexity index is 763. The molecule has 0 fully saturated rings. The molecule has 0 radical (unpaired) electrons. The zero-order valence-corrected chi connectivity index (χ0v) is 14.7. The van der Waals surface area contributed by atoms with Gasteiger partial charge in [-0.25, -0.2) is 0 Å². The number of hydrogen-bond donors (Lipinski definition) is 0. The number of thioether (sulfide) groups is 1. The first-order valence-corrected chi connectivity index (χ1v) is 8.67. The number of benzene rings is 2. The fourth-order valence-electron chi connectivity index (χ4n) is 2.27. The zero-order chi connectivity index (χ0) is 15.5. The molecule has 0 saturated carbocycles. The molecule has 22 heavy (non-hydrogen) atoms. The Morgan fingerprint density at radius 3 is 2.36 bits per heavy atom. The monoisotopic (exact) mass is 374 g/mol. The topological polar surface area (TPSA) is 38.9 Å². The SMILES string of the molecule is Cc1cc(C)cc(CSc2nnc(-c3ccc(Br)cc3)o2)c1. The molecular weight excluding hydrogens is 360 g/mol. The third kappa shape index (κ3) is 3.78. The number of aryl methyl sites for hydroxylation is 2. The van der Waals surface area contributed by atoms with E-state index in [9.17, 15) is 0 Å². The highest BCUT2D eigenvalue weighted by Gasteiger charge is 2.09. The van der Waals surface area contributed by atoms with Gasteiger partial charge in [0.25, 0.3) is 5.22 Å². The molecule has 0 aliphatic heterocycles. The minimum atomic E-state index is 0.551. The van der Waals surface area contributed by atoms with Gasteiger partial charge in [0.1, 0.15) is 0 Å². The fraction of sp³-hybridized carbons (Fsp3) is 0.176. The number of halogens is 1. The van der Waals surface area contributed by atoms with E-state index < -0.39 is 0 Å².